The number of aromatic amines is 1. The number of para-hydroxylation sites is 1. The minimum atomic E-state index is -0.166. The first kappa shape index (κ1) is 22.1. The van der Waals surface area contributed by atoms with Gasteiger partial charge in [-0.25, -0.2) is 9.50 Å². The van der Waals surface area contributed by atoms with Crippen molar-refractivity contribution in [3.05, 3.63) is 46.1 Å². The molecule has 0 saturated carbocycles. The van der Waals surface area contributed by atoms with Crippen LogP contribution < -0.4 is 10.3 Å². The molecule has 2 heterocycles. The molecular weight excluding hydrogens is 376 g/mol. The Balaban J connectivity index is 2.00. The number of hydrogen-bond acceptors (Lipinski definition) is 4. The van der Waals surface area contributed by atoms with Gasteiger partial charge in [0.05, 0.1) is 17.9 Å². The lowest BCUT2D eigenvalue weighted by molar-refractivity contribution is 0.318. The fraction of sp³-hybridized carbons (Fsp3) is 0.542. The lowest BCUT2D eigenvalue weighted by Gasteiger charge is -2.14. The maximum absolute atomic E-state index is 12.9. The molecule has 0 radical (unpaired) electrons. The van der Waals surface area contributed by atoms with Gasteiger partial charge in [0.1, 0.15) is 11.6 Å². The zero-order valence-corrected chi connectivity index (χ0v) is 18.7. The minimum absolute atomic E-state index is 0.166. The molecule has 1 atom stereocenters. The number of aromatic nitrogens is 4. The molecule has 0 saturated heterocycles. The molecule has 0 amide bonds. The van der Waals surface area contributed by atoms with Gasteiger partial charge in [-0.15, -0.1) is 5.10 Å². The number of ether oxygens (including phenoxy) is 1. The van der Waals surface area contributed by atoms with E-state index < -0.39 is 0 Å². The molecule has 0 aliphatic heterocycles. The van der Waals surface area contributed by atoms with Crippen molar-refractivity contribution in [1.82, 2.24) is 19.6 Å². The van der Waals surface area contributed by atoms with Crippen molar-refractivity contribution in [2.24, 2.45) is 5.92 Å². The predicted molar refractivity (Wildman–Crippen MR) is 121 cm³/mol. The van der Waals surface area contributed by atoms with Crippen molar-refractivity contribution in [1.29, 1.82) is 0 Å². The van der Waals surface area contributed by atoms with E-state index in [1.807, 2.05) is 31.2 Å². The van der Waals surface area contributed by atoms with E-state index >= 15 is 0 Å². The van der Waals surface area contributed by atoms with Crippen molar-refractivity contribution in [3.8, 4) is 17.1 Å². The summed E-state index contributed by atoms with van der Waals surface area (Å²) in [5.41, 5.74) is 1.88. The van der Waals surface area contributed by atoms with Gasteiger partial charge >= 0.3 is 0 Å². The molecule has 0 aliphatic rings. The Morgan fingerprint density at radius 1 is 1.13 bits per heavy atom. The standard InChI is InChI=1S/C24H34N4O2/c1-5-8-9-12-18(7-3)16-21-25-17(4)22-24(29)26-23(27-28(21)22)19-13-10-11-14-20(19)30-15-6-2/h10-11,13-14,18H,5-9,12,15-16H2,1-4H3,(H,26,27,29). The van der Waals surface area contributed by atoms with Crippen LogP contribution in [0.3, 0.4) is 0 Å². The van der Waals surface area contributed by atoms with Gasteiger partial charge in [-0.05, 0) is 31.4 Å². The number of rotatable bonds is 11. The Hall–Kier alpha value is -2.63. The monoisotopic (exact) mass is 410 g/mol. The summed E-state index contributed by atoms with van der Waals surface area (Å²) in [7, 11) is 0. The molecule has 0 fully saturated rings. The Morgan fingerprint density at radius 3 is 2.67 bits per heavy atom. The molecule has 0 spiro atoms. The molecule has 3 aromatic rings. The molecule has 3 rings (SSSR count). The number of H-pyrrole nitrogens is 1. The summed E-state index contributed by atoms with van der Waals surface area (Å²) in [5.74, 6) is 2.65. The minimum Gasteiger partial charge on any atom is -0.493 e. The zero-order valence-electron chi connectivity index (χ0n) is 18.7. The molecule has 0 bridgehead atoms. The van der Waals surface area contributed by atoms with Gasteiger partial charge in [0.2, 0.25) is 0 Å². The highest BCUT2D eigenvalue weighted by Gasteiger charge is 2.19. The summed E-state index contributed by atoms with van der Waals surface area (Å²) in [6.45, 7) is 9.03. The topological polar surface area (TPSA) is 72.3 Å². The van der Waals surface area contributed by atoms with Crippen LogP contribution in [-0.4, -0.2) is 26.2 Å². The second-order valence-electron chi connectivity index (χ2n) is 8.00. The summed E-state index contributed by atoms with van der Waals surface area (Å²) >= 11 is 0. The van der Waals surface area contributed by atoms with Gasteiger partial charge in [-0.1, -0.05) is 65.0 Å². The van der Waals surface area contributed by atoms with E-state index in [1.165, 1.54) is 25.7 Å². The van der Waals surface area contributed by atoms with E-state index in [-0.39, 0.29) is 5.56 Å². The third-order valence-electron chi connectivity index (χ3n) is 5.61. The second-order valence-corrected chi connectivity index (χ2v) is 8.00. The molecule has 1 unspecified atom stereocenters. The van der Waals surface area contributed by atoms with Crippen LogP contribution in [0.4, 0.5) is 0 Å². The van der Waals surface area contributed by atoms with Crippen molar-refractivity contribution < 1.29 is 4.74 Å². The predicted octanol–water partition coefficient (Wildman–Crippen LogP) is 5.33. The van der Waals surface area contributed by atoms with Crippen molar-refractivity contribution in [3.63, 3.8) is 0 Å². The fourth-order valence-electron chi connectivity index (χ4n) is 3.88. The van der Waals surface area contributed by atoms with Gasteiger partial charge in [-0.2, -0.15) is 0 Å². The fourth-order valence-corrected chi connectivity index (χ4v) is 3.88. The van der Waals surface area contributed by atoms with Gasteiger partial charge < -0.3 is 9.72 Å². The first-order valence-electron chi connectivity index (χ1n) is 11.3. The Kier molecular flexibility index (Phi) is 7.66. The van der Waals surface area contributed by atoms with Crippen LogP contribution in [-0.2, 0) is 6.42 Å². The number of nitrogens with one attached hydrogen (secondary N) is 1. The average molecular weight is 411 g/mol. The molecule has 1 aromatic carbocycles. The third kappa shape index (κ3) is 4.91. The number of aryl methyl sites for hydroxylation is 1. The maximum Gasteiger partial charge on any atom is 0.277 e. The van der Waals surface area contributed by atoms with Gasteiger partial charge in [0, 0.05) is 6.42 Å². The van der Waals surface area contributed by atoms with Crippen molar-refractivity contribution in [2.45, 2.75) is 72.6 Å². The van der Waals surface area contributed by atoms with Gasteiger partial charge in [-0.3, -0.25) is 4.79 Å². The highest BCUT2D eigenvalue weighted by atomic mass is 16.5. The molecule has 6 nitrogen and oxygen atoms in total. The summed E-state index contributed by atoms with van der Waals surface area (Å²) in [6.07, 6.45) is 7.75. The summed E-state index contributed by atoms with van der Waals surface area (Å²) < 4.78 is 7.63. The Labute approximate surface area is 178 Å². The zero-order chi connectivity index (χ0) is 21.5. The molecule has 6 heteroatoms. The largest absolute Gasteiger partial charge is 0.493 e. The van der Waals surface area contributed by atoms with Crippen LogP contribution in [0.25, 0.3) is 16.9 Å². The van der Waals surface area contributed by atoms with Crippen LogP contribution in [0.5, 0.6) is 5.75 Å². The quantitative estimate of drug-likeness (QED) is 0.434. The smallest absolute Gasteiger partial charge is 0.277 e. The number of benzene rings is 1. The van der Waals surface area contributed by atoms with E-state index in [2.05, 4.69) is 25.8 Å². The molecular formula is C24H34N4O2. The summed E-state index contributed by atoms with van der Waals surface area (Å²) in [6, 6.07) is 7.70. The maximum atomic E-state index is 12.9. The van der Waals surface area contributed by atoms with E-state index in [1.54, 1.807) is 4.52 Å². The summed E-state index contributed by atoms with van der Waals surface area (Å²) in [5, 5.41) is 4.80. The van der Waals surface area contributed by atoms with Gasteiger partial charge in [0.25, 0.3) is 5.56 Å². The SMILES string of the molecule is CCCCCC(CC)Cc1nc(C)c2c(=O)[nH]c(-c3ccccc3OCCC)nn12. The van der Waals surface area contributed by atoms with E-state index in [9.17, 15) is 4.79 Å². The molecule has 162 valence electrons. The highest BCUT2D eigenvalue weighted by Crippen LogP contribution is 2.27. The van der Waals surface area contributed by atoms with Gasteiger partial charge in [0.15, 0.2) is 11.3 Å². The van der Waals surface area contributed by atoms with E-state index in [0.717, 1.165) is 42.1 Å². The van der Waals surface area contributed by atoms with E-state index in [0.29, 0.717) is 23.9 Å². The van der Waals surface area contributed by atoms with Crippen LogP contribution >= 0.6 is 0 Å². The van der Waals surface area contributed by atoms with Crippen LogP contribution in [0.15, 0.2) is 29.1 Å². The number of imidazole rings is 1. The second kappa shape index (κ2) is 10.4. The summed E-state index contributed by atoms with van der Waals surface area (Å²) in [4.78, 5) is 20.6. The lowest BCUT2D eigenvalue weighted by Crippen LogP contribution is -2.17. The molecule has 1 N–H and O–H groups in total. The normalized spacial score (nSPS) is 12.4. The van der Waals surface area contributed by atoms with Crippen LogP contribution in [0.2, 0.25) is 0 Å². The Bertz CT molecular complexity index is 1020. The first-order chi connectivity index (χ1) is 14.6. The molecule has 30 heavy (non-hydrogen) atoms. The van der Waals surface area contributed by atoms with Crippen LogP contribution in [0, 0.1) is 12.8 Å². The van der Waals surface area contributed by atoms with Crippen molar-refractivity contribution in [2.75, 3.05) is 6.61 Å². The average Bonchev–Trinajstić information content (AvgIpc) is 3.07. The molecule has 2 aromatic heterocycles. The molecule has 0 aliphatic carbocycles. The van der Waals surface area contributed by atoms with Crippen molar-refractivity contribution >= 4 is 5.52 Å². The number of fused-ring (bicyclic) bond motifs is 1. The Morgan fingerprint density at radius 2 is 1.93 bits per heavy atom. The highest BCUT2D eigenvalue weighted by molar-refractivity contribution is 5.64. The number of nitrogens with zero attached hydrogens (tertiary/aromatic N) is 3. The van der Waals surface area contributed by atoms with Crippen LogP contribution in [0.1, 0.15) is 70.8 Å². The van der Waals surface area contributed by atoms with E-state index in [4.69, 9.17) is 14.8 Å². The third-order valence-corrected chi connectivity index (χ3v) is 5.61. The number of unbranched alkanes of at least 4 members (excludes halogenated alkanes) is 2. The first-order valence-corrected chi connectivity index (χ1v) is 11.3. The number of hydrogen-bond donors (Lipinski definition) is 1. The lowest BCUT2D eigenvalue weighted by atomic mass is 9.95.